The van der Waals surface area contributed by atoms with E-state index in [0.29, 0.717) is 30.8 Å². The maximum atomic E-state index is 12.4. The van der Waals surface area contributed by atoms with Gasteiger partial charge in [0.05, 0.1) is 19.4 Å². The van der Waals surface area contributed by atoms with E-state index in [1.165, 1.54) is 21.8 Å². The fourth-order valence-corrected chi connectivity index (χ4v) is 3.09. The number of carbonyl (C=O) groups is 1. The molecule has 0 atom stereocenters. The van der Waals surface area contributed by atoms with Crippen molar-refractivity contribution in [1.29, 1.82) is 0 Å². The summed E-state index contributed by atoms with van der Waals surface area (Å²) in [6.45, 7) is 3.31. The number of morpholine rings is 1. The number of hydrogen-bond donors (Lipinski definition) is 1. The number of nitrogens with zero attached hydrogens (tertiary/aromatic N) is 6. The quantitative estimate of drug-likeness (QED) is 0.643. The summed E-state index contributed by atoms with van der Waals surface area (Å²) in [6, 6.07) is 3.88. The van der Waals surface area contributed by atoms with Gasteiger partial charge in [-0.15, -0.1) is 0 Å². The average molecular weight is 383 g/mol. The van der Waals surface area contributed by atoms with Crippen LogP contribution in [0.25, 0.3) is 11.0 Å². The fourth-order valence-electron chi connectivity index (χ4n) is 3.09. The minimum atomic E-state index is -0.287. The summed E-state index contributed by atoms with van der Waals surface area (Å²) >= 11 is 0. The molecule has 10 nitrogen and oxygen atoms in total. The molecule has 3 aromatic rings. The monoisotopic (exact) mass is 383 g/mol. The number of pyridine rings is 1. The zero-order chi connectivity index (χ0) is 19.5. The van der Waals surface area contributed by atoms with E-state index in [0.717, 1.165) is 24.5 Å². The summed E-state index contributed by atoms with van der Waals surface area (Å²) in [4.78, 5) is 35.4. The molecule has 1 aliphatic heterocycles. The van der Waals surface area contributed by atoms with Gasteiger partial charge < -0.3 is 15.0 Å². The molecule has 0 saturated carbocycles. The van der Waals surface area contributed by atoms with Crippen LogP contribution in [0.1, 0.15) is 5.56 Å². The van der Waals surface area contributed by atoms with Gasteiger partial charge in [0, 0.05) is 32.9 Å². The average Bonchev–Trinajstić information content (AvgIpc) is 3.11. The number of carbonyl (C=O) groups excluding carboxylic acids is 1. The molecular weight excluding hydrogens is 362 g/mol. The smallest absolute Gasteiger partial charge is 0.264 e. The van der Waals surface area contributed by atoms with Crippen LogP contribution < -0.4 is 15.8 Å². The highest BCUT2D eigenvalue weighted by Gasteiger charge is 2.13. The first-order chi connectivity index (χ1) is 13.6. The van der Waals surface area contributed by atoms with Crippen LogP contribution in [0, 0.1) is 0 Å². The lowest BCUT2D eigenvalue weighted by Crippen LogP contribution is -2.36. The Balaban J connectivity index is 1.35. The Labute approximate surface area is 160 Å². The number of rotatable bonds is 5. The van der Waals surface area contributed by atoms with Gasteiger partial charge in [-0.2, -0.15) is 5.10 Å². The van der Waals surface area contributed by atoms with Gasteiger partial charge >= 0.3 is 0 Å². The molecule has 10 heteroatoms. The van der Waals surface area contributed by atoms with Crippen molar-refractivity contribution in [2.75, 3.05) is 31.2 Å². The molecule has 1 fully saturated rings. The number of nitrogens with one attached hydrogen (secondary N) is 1. The second-order valence-electron chi connectivity index (χ2n) is 6.58. The predicted octanol–water partition coefficient (Wildman–Crippen LogP) is -0.322. The van der Waals surface area contributed by atoms with Crippen LogP contribution in [-0.4, -0.2) is 56.5 Å². The molecular formula is C18H21N7O3. The zero-order valence-corrected chi connectivity index (χ0v) is 15.5. The summed E-state index contributed by atoms with van der Waals surface area (Å²) in [5.74, 6) is 0.630. The standard InChI is InChI=1S/C18H21N7O3/c1-23-17-14(10-22-23)18(27)25(12-21-17)11-16(26)20-9-13-2-3-15(19-8-13)24-4-6-28-7-5-24/h2-3,8,10,12H,4-7,9,11H2,1H3,(H,20,26). The van der Waals surface area contributed by atoms with Gasteiger partial charge in [-0.05, 0) is 11.6 Å². The highest BCUT2D eigenvalue weighted by Crippen LogP contribution is 2.13. The van der Waals surface area contributed by atoms with Gasteiger partial charge in [0.25, 0.3) is 5.56 Å². The van der Waals surface area contributed by atoms with Gasteiger partial charge in [-0.25, -0.2) is 9.97 Å². The molecule has 0 bridgehead atoms. The number of aromatic nitrogens is 5. The normalized spacial score (nSPS) is 14.4. The molecule has 28 heavy (non-hydrogen) atoms. The van der Waals surface area contributed by atoms with Crippen molar-refractivity contribution in [3.63, 3.8) is 0 Å². The van der Waals surface area contributed by atoms with Gasteiger partial charge in [0.15, 0.2) is 5.65 Å². The Morgan fingerprint density at radius 1 is 1.21 bits per heavy atom. The van der Waals surface area contributed by atoms with E-state index < -0.39 is 0 Å². The van der Waals surface area contributed by atoms with Crippen LogP contribution in [0.5, 0.6) is 0 Å². The summed E-state index contributed by atoms with van der Waals surface area (Å²) < 4.78 is 8.14. The largest absolute Gasteiger partial charge is 0.378 e. The second-order valence-corrected chi connectivity index (χ2v) is 6.58. The van der Waals surface area contributed by atoms with E-state index in [-0.39, 0.29) is 18.0 Å². The first-order valence-electron chi connectivity index (χ1n) is 9.03. The third kappa shape index (κ3) is 3.72. The number of amides is 1. The molecule has 1 amide bonds. The van der Waals surface area contributed by atoms with Crippen molar-refractivity contribution in [1.82, 2.24) is 29.6 Å². The SMILES string of the molecule is Cn1ncc2c(=O)n(CC(=O)NCc3ccc(N4CCOCC4)nc3)cnc21. The molecule has 3 aromatic heterocycles. The molecule has 1 N–H and O–H groups in total. The maximum Gasteiger partial charge on any atom is 0.264 e. The van der Waals surface area contributed by atoms with Gasteiger partial charge in [-0.3, -0.25) is 18.8 Å². The predicted molar refractivity (Wildman–Crippen MR) is 102 cm³/mol. The van der Waals surface area contributed by atoms with Crippen LogP contribution in [-0.2, 0) is 29.7 Å². The summed E-state index contributed by atoms with van der Waals surface area (Å²) in [5.41, 5.74) is 1.09. The van der Waals surface area contributed by atoms with E-state index in [4.69, 9.17) is 4.74 Å². The molecule has 0 radical (unpaired) electrons. The number of anilines is 1. The Hall–Kier alpha value is -3.27. The van der Waals surface area contributed by atoms with Crippen LogP contribution in [0.15, 0.2) is 35.6 Å². The van der Waals surface area contributed by atoms with E-state index in [1.807, 2.05) is 12.1 Å². The molecule has 4 rings (SSSR count). The summed E-state index contributed by atoms with van der Waals surface area (Å²) in [6.07, 6.45) is 4.58. The van der Waals surface area contributed by atoms with Crippen molar-refractivity contribution >= 4 is 22.8 Å². The molecule has 0 aromatic carbocycles. The number of hydrogen-bond acceptors (Lipinski definition) is 7. The third-order valence-electron chi connectivity index (χ3n) is 4.67. The minimum Gasteiger partial charge on any atom is -0.378 e. The van der Waals surface area contributed by atoms with E-state index >= 15 is 0 Å². The van der Waals surface area contributed by atoms with Crippen molar-refractivity contribution in [2.24, 2.45) is 7.05 Å². The lowest BCUT2D eigenvalue weighted by molar-refractivity contribution is -0.121. The molecule has 1 saturated heterocycles. The molecule has 0 spiro atoms. The molecule has 4 heterocycles. The lowest BCUT2D eigenvalue weighted by Gasteiger charge is -2.27. The van der Waals surface area contributed by atoms with E-state index in [9.17, 15) is 9.59 Å². The third-order valence-corrected chi connectivity index (χ3v) is 4.67. The molecule has 146 valence electrons. The number of aryl methyl sites for hydroxylation is 1. The van der Waals surface area contributed by atoms with Crippen molar-refractivity contribution in [3.8, 4) is 0 Å². The Morgan fingerprint density at radius 2 is 2.04 bits per heavy atom. The summed E-state index contributed by atoms with van der Waals surface area (Å²) in [7, 11) is 1.71. The lowest BCUT2D eigenvalue weighted by atomic mass is 10.2. The molecule has 0 aliphatic carbocycles. The highest BCUT2D eigenvalue weighted by molar-refractivity contribution is 5.77. The molecule has 1 aliphatic rings. The van der Waals surface area contributed by atoms with Crippen LogP contribution in [0.4, 0.5) is 5.82 Å². The van der Waals surface area contributed by atoms with Gasteiger partial charge in [0.1, 0.15) is 24.1 Å². The Morgan fingerprint density at radius 3 is 2.79 bits per heavy atom. The fraction of sp³-hybridized carbons (Fsp3) is 0.389. The van der Waals surface area contributed by atoms with Crippen molar-refractivity contribution in [3.05, 3.63) is 46.8 Å². The van der Waals surface area contributed by atoms with Crippen LogP contribution in [0.3, 0.4) is 0 Å². The number of fused-ring (bicyclic) bond motifs is 1. The van der Waals surface area contributed by atoms with E-state index in [2.05, 4.69) is 25.3 Å². The summed E-state index contributed by atoms with van der Waals surface area (Å²) in [5, 5.41) is 7.21. The highest BCUT2D eigenvalue weighted by atomic mass is 16.5. The van der Waals surface area contributed by atoms with Crippen LogP contribution >= 0.6 is 0 Å². The first kappa shape index (κ1) is 18.1. The molecule has 0 unspecified atom stereocenters. The second kappa shape index (κ2) is 7.77. The van der Waals surface area contributed by atoms with Crippen molar-refractivity contribution in [2.45, 2.75) is 13.1 Å². The van der Waals surface area contributed by atoms with E-state index in [1.54, 1.807) is 13.2 Å². The van der Waals surface area contributed by atoms with Crippen molar-refractivity contribution < 1.29 is 9.53 Å². The topological polar surface area (TPSA) is 107 Å². The first-order valence-corrected chi connectivity index (χ1v) is 9.03. The van der Waals surface area contributed by atoms with Gasteiger partial charge in [0.2, 0.25) is 5.91 Å². The van der Waals surface area contributed by atoms with Crippen LogP contribution in [0.2, 0.25) is 0 Å². The number of ether oxygens (including phenoxy) is 1. The Kier molecular flexibility index (Phi) is 5.02. The zero-order valence-electron chi connectivity index (χ0n) is 15.5. The maximum absolute atomic E-state index is 12.4. The Bertz CT molecular complexity index is 1040. The minimum absolute atomic E-state index is 0.101. The van der Waals surface area contributed by atoms with Gasteiger partial charge in [-0.1, -0.05) is 6.07 Å².